The SMILES string of the molecule is CC([SiH3])=CC(C)(C)[NH-].Cc1c[c-](C)c(C)c1C.[Cl-].[Cl-].[Zr+4]. The van der Waals surface area contributed by atoms with E-state index in [0.29, 0.717) is 0 Å². The third-order valence-electron chi connectivity index (χ3n) is 2.83. The number of halogens is 2. The number of allylic oxidation sites excluding steroid dienone is 1. The first-order valence-electron chi connectivity index (χ1n) is 6.15. The second kappa shape index (κ2) is 12.3. The van der Waals surface area contributed by atoms with Crippen LogP contribution in [0, 0.1) is 27.7 Å². The molecule has 1 N–H and O–H groups in total. The molecule has 0 aromatic heterocycles. The molecule has 0 fully saturated rings. The van der Waals surface area contributed by atoms with Crippen molar-refractivity contribution in [1.82, 2.24) is 0 Å². The summed E-state index contributed by atoms with van der Waals surface area (Å²) >= 11 is 0. The van der Waals surface area contributed by atoms with Gasteiger partial charge in [0.05, 0.1) is 0 Å². The zero-order chi connectivity index (χ0) is 13.8. The Hall–Kier alpha value is 0.730. The second-order valence-electron chi connectivity index (χ2n) is 5.70. The van der Waals surface area contributed by atoms with E-state index in [0.717, 1.165) is 10.2 Å². The molecule has 0 heterocycles. The van der Waals surface area contributed by atoms with Crippen molar-refractivity contribution in [2.24, 2.45) is 0 Å². The topological polar surface area (TPSA) is 23.8 Å². The van der Waals surface area contributed by atoms with Crippen LogP contribution in [-0.4, -0.2) is 15.8 Å². The minimum absolute atomic E-state index is 0. The van der Waals surface area contributed by atoms with Gasteiger partial charge < -0.3 is 30.5 Å². The van der Waals surface area contributed by atoms with Crippen LogP contribution in [0.4, 0.5) is 0 Å². The Morgan fingerprint density at radius 3 is 1.70 bits per heavy atom. The molecule has 0 saturated heterocycles. The Bertz CT molecular complexity index is 380. The zero-order valence-electron chi connectivity index (χ0n) is 13.9. The third kappa shape index (κ3) is 12.5. The minimum Gasteiger partial charge on any atom is -1.00 e. The molecular formula is C15H27Cl2NSiZr. The summed E-state index contributed by atoms with van der Waals surface area (Å²) < 4.78 is 0. The van der Waals surface area contributed by atoms with E-state index in [1.54, 1.807) is 0 Å². The molecule has 0 aliphatic rings. The zero-order valence-corrected chi connectivity index (χ0v) is 19.9. The quantitative estimate of drug-likeness (QED) is 0.368. The maximum atomic E-state index is 7.41. The van der Waals surface area contributed by atoms with Crippen LogP contribution < -0.4 is 24.8 Å². The molecule has 0 saturated carbocycles. The molecule has 1 aromatic carbocycles. The number of aryl methyl sites for hydroxylation is 2. The molecule has 0 aliphatic heterocycles. The van der Waals surface area contributed by atoms with Gasteiger partial charge in [-0.3, -0.25) is 0 Å². The van der Waals surface area contributed by atoms with Gasteiger partial charge in [-0.1, -0.05) is 46.7 Å². The minimum atomic E-state index is -0.355. The number of rotatable bonds is 1. The predicted octanol–water partition coefficient (Wildman–Crippen LogP) is -2.27. The Balaban J connectivity index is -0.000000112. The molecule has 1 nitrogen and oxygen atoms in total. The molecule has 0 bridgehead atoms. The summed E-state index contributed by atoms with van der Waals surface area (Å²) in [6.45, 7) is 14.5. The predicted molar refractivity (Wildman–Crippen MR) is 83.1 cm³/mol. The molecule has 1 rings (SSSR count). The smallest absolute Gasteiger partial charge is 1.00 e. The van der Waals surface area contributed by atoms with Gasteiger partial charge in [-0.15, -0.1) is 11.6 Å². The average Bonchev–Trinajstić information content (AvgIpc) is 2.30. The molecule has 0 unspecified atom stereocenters. The maximum absolute atomic E-state index is 7.41. The summed E-state index contributed by atoms with van der Waals surface area (Å²) in [6, 6.07) is 2.24. The van der Waals surface area contributed by atoms with Gasteiger partial charge in [-0.25, -0.2) is 0 Å². The Kier molecular flexibility index (Phi) is 17.7. The Morgan fingerprint density at radius 2 is 1.65 bits per heavy atom. The molecule has 0 aliphatic carbocycles. The van der Waals surface area contributed by atoms with Gasteiger partial charge in [0, 0.05) is 10.2 Å². The largest absolute Gasteiger partial charge is 4.00 e. The second-order valence-corrected chi connectivity index (χ2v) is 7.28. The van der Waals surface area contributed by atoms with Crippen LogP contribution >= 0.6 is 0 Å². The van der Waals surface area contributed by atoms with E-state index in [9.17, 15) is 0 Å². The maximum Gasteiger partial charge on any atom is 4.00 e. The van der Waals surface area contributed by atoms with E-state index in [-0.39, 0.29) is 56.6 Å². The first-order valence-corrected chi connectivity index (χ1v) is 7.15. The van der Waals surface area contributed by atoms with Crippen molar-refractivity contribution in [3.63, 3.8) is 0 Å². The molecule has 114 valence electrons. The molecule has 1 aromatic rings. The van der Waals surface area contributed by atoms with Crippen LogP contribution in [0.3, 0.4) is 0 Å². The van der Waals surface area contributed by atoms with Crippen molar-refractivity contribution in [3.8, 4) is 0 Å². The third-order valence-corrected chi connectivity index (χ3v) is 3.12. The van der Waals surface area contributed by atoms with Gasteiger partial charge in [0.2, 0.25) is 0 Å². The average molecular weight is 412 g/mol. The first-order chi connectivity index (χ1) is 7.54. The van der Waals surface area contributed by atoms with Gasteiger partial charge in [0.25, 0.3) is 0 Å². The van der Waals surface area contributed by atoms with E-state index >= 15 is 0 Å². The molecule has 0 amide bonds. The van der Waals surface area contributed by atoms with Gasteiger partial charge >= 0.3 is 26.2 Å². The van der Waals surface area contributed by atoms with Crippen LogP contribution in [0.5, 0.6) is 0 Å². The molecular weight excluding hydrogens is 384 g/mol. The van der Waals surface area contributed by atoms with Crippen molar-refractivity contribution in [2.75, 3.05) is 0 Å². The van der Waals surface area contributed by atoms with Crippen LogP contribution in [-0.2, 0) is 26.2 Å². The van der Waals surface area contributed by atoms with Crippen molar-refractivity contribution in [3.05, 3.63) is 45.3 Å². The number of hydrogen-bond donors (Lipinski definition) is 0. The standard InChI is InChI=1S/C9H13.C6H14NSi.2ClH.Zr/c1-6-5-7(2)9(4)8(6)3;1-5(8)4-6(2,3)7;;;/h5H,1-4H3;4,7H,1-3,8H3;2*1H;/q2*-1;;;+4/p-2. The fourth-order valence-corrected chi connectivity index (χ4v) is 2.58. The Labute approximate surface area is 159 Å². The summed E-state index contributed by atoms with van der Waals surface area (Å²) in [7, 11) is 1.09. The van der Waals surface area contributed by atoms with Crippen LogP contribution in [0.25, 0.3) is 5.73 Å². The summed E-state index contributed by atoms with van der Waals surface area (Å²) in [5.74, 6) is 0. The monoisotopic (exact) mass is 409 g/mol. The van der Waals surface area contributed by atoms with Gasteiger partial charge in [-0.2, -0.15) is 28.3 Å². The summed E-state index contributed by atoms with van der Waals surface area (Å²) in [6.07, 6.45) is 2.00. The molecule has 0 radical (unpaired) electrons. The van der Waals surface area contributed by atoms with Crippen molar-refractivity contribution in [1.29, 1.82) is 0 Å². The van der Waals surface area contributed by atoms with Crippen molar-refractivity contribution >= 4 is 10.2 Å². The van der Waals surface area contributed by atoms with E-state index in [2.05, 4.69) is 40.7 Å². The van der Waals surface area contributed by atoms with Crippen molar-refractivity contribution < 1.29 is 51.0 Å². The number of hydrogen-bond acceptors (Lipinski definition) is 0. The van der Waals surface area contributed by atoms with Gasteiger partial charge in [-0.05, 0) is 6.92 Å². The number of nitrogens with one attached hydrogen (secondary N) is 1. The van der Waals surface area contributed by atoms with Crippen LogP contribution in [0.1, 0.15) is 43.0 Å². The molecule has 20 heavy (non-hydrogen) atoms. The fourth-order valence-electron chi connectivity index (χ4n) is 1.85. The first kappa shape index (κ1) is 28.8. The molecule has 0 spiro atoms. The van der Waals surface area contributed by atoms with E-state index in [4.69, 9.17) is 5.73 Å². The van der Waals surface area contributed by atoms with E-state index in [1.807, 2.05) is 19.9 Å². The van der Waals surface area contributed by atoms with Crippen molar-refractivity contribution in [2.45, 2.75) is 54.0 Å². The Morgan fingerprint density at radius 1 is 1.25 bits per heavy atom. The van der Waals surface area contributed by atoms with Crippen LogP contribution in [0.15, 0.2) is 17.3 Å². The summed E-state index contributed by atoms with van der Waals surface area (Å²) in [5, 5.41) is 1.35. The summed E-state index contributed by atoms with van der Waals surface area (Å²) in [4.78, 5) is 0. The van der Waals surface area contributed by atoms with Crippen LogP contribution in [0.2, 0.25) is 0 Å². The van der Waals surface area contributed by atoms with Gasteiger partial charge in [0.15, 0.2) is 0 Å². The van der Waals surface area contributed by atoms with E-state index in [1.165, 1.54) is 27.5 Å². The van der Waals surface area contributed by atoms with E-state index < -0.39 is 0 Å². The summed E-state index contributed by atoms with van der Waals surface area (Å²) in [5.41, 5.74) is 12.8. The van der Waals surface area contributed by atoms with Gasteiger partial charge in [0.1, 0.15) is 0 Å². The normalized spacial score (nSPS) is 10.5. The fraction of sp³-hybridized carbons (Fsp3) is 0.533. The molecule has 5 heteroatoms. The molecule has 0 atom stereocenters.